The van der Waals surface area contributed by atoms with Crippen molar-refractivity contribution in [2.45, 2.75) is 32.6 Å². The summed E-state index contributed by atoms with van der Waals surface area (Å²) in [6.45, 7) is 5.74. The highest BCUT2D eigenvalue weighted by atomic mass is 16.5. The van der Waals surface area contributed by atoms with E-state index in [0.717, 1.165) is 25.7 Å². The van der Waals surface area contributed by atoms with Crippen LogP contribution in [0, 0.1) is 0 Å². The van der Waals surface area contributed by atoms with E-state index in [-0.39, 0.29) is 5.97 Å². The molecule has 0 N–H and O–H groups in total. The number of unbranched alkanes of at least 4 members (excludes halogenated alkanes) is 2. The average molecular weight is 332 g/mol. The molecule has 3 aromatic rings. The second-order valence-electron chi connectivity index (χ2n) is 6.56. The number of ether oxygens (including phenoxy) is 1. The van der Waals surface area contributed by atoms with Gasteiger partial charge in [0, 0.05) is 5.57 Å². The van der Waals surface area contributed by atoms with Crippen LogP contribution in [0.2, 0.25) is 0 Å². The number of hydrogen-bond donors (Lipinski definition) is 0. The van der Waals surface area contributed by atoms with Crippen LogP contribution < -0.4 is 0 Å². The number of carbonyl (C=O) groups excluding carboxylic acids is 1. The minimum Gasteiger partial charge on any atom is -0.462 e. The first kappa shape index (κ1) is 17.2. The lowest BCUT2D eigenvalue weighted by Gasteiger charge is -2.09. The maximum atomic E-state index is 11.3. The summed E-state index contributed by atoms with van der Waals surface area (Å²) in [5, 5.41) is 5.21. The van der Waals surface area contributed by atoms with Gasteiger partial charge in [-0.3, -0.25) is 0 Å². The van der Waals surface area contributed by atoms with Gasteiger partial charge in [0.2, 0.25) is 0 Å². The topological polar surface area (TPSA) is 26.3 Å². The maximum absolute atomic E-state index is 11.3. The summed E-state index contributed by atoms with van der Waals surface area (Å²) >= 11 is 0. The lowest BCUT2D eigenvalue weighted by molar-refractivity contribution is -0.139. The van der Waals surface area contributed by atoms with Gasteiger partial charge >= 0.3 is 5.97 Å². The highest BCUT2D eigenvalue weighted by molar-refractivity contribution is 5.99. The van der Waals surface area contributed by atoms with Crippen molar-refractivity contribution < 1.29 is 9.53 Å². The Morgan fingerprint density at radius 2 is 1.64 bits per heavy atom. The number of hydrogen-bond acceptors (Lipinski definition) is 2. The maximum Gasteiger partial charge on any atom is 0.333 e. The fourth-order valence-corrected chi connectivity index (χ4v) is 3.13. The fraction of sp³-hybridized carbons (Fsp3) is 0.261. The number of fused-ring (bicyclic) bond motifs is 2. The summed E-state index contributed by atoms with van der Waals surface area (Å²) in [6, 6.07) is 19.6. The zero-order valence-corrected chi connectivity index (χ0v) is 14.8. The largest absolute Gasteiger partial charge is 0.462 e. The Hall–Kier alpha value is -2.61. The van der Waals surface area contributed by atoms with E-state index in [4.69, 9.17) is 4.74 Å². The smallest absolute Gasteiger partial charge is 0.333 e. The lowest BCUT2D eigenvalue weighted by atomic mass is 9.97. The molecule has 0 radical (unpaired) electrons. The molecule has 25 heavy (non-hydrogen) atoms. The summed E-state index contributed by atoms with van der Waals surface area (Å²) in [5.41, 5.74) is 1.85. The highest BCUT2D eigenvalue weighted by Gasteiger charge is 2.04. The average Bonchev–Trinajstić information content (AvgIpc) is 2.62. The number of esters is 1. The van der Waals surface area contributed by atoms with Crippen molar-refractivity contribution in [3.8, 4) is 0 Å². The third-order valence-electron chi connectivity index (χ3n) is 4.51. The number of rotatable bonds is 7. The summed E-state index contributed by atoms with van der Waals surface area (Å²) in [6.07, 6.45) is 4.08. The van der Waals surface area contributed by atoms with Crippen LogP contribution >= 0.6 is 0 Å². The van der Waals surface area contributed by atoms with Gasteiger partial charge in [-0.15, -0.1) is 0 Å². The molecular formula is C23H24O2. The van der Waals surface area contributed by atoms with Gasteiger partial charge in [0.15, 0.2) is 0 Å². The third kappa shape index (κ3) is 4.27. The van der Waals surface area contributed by atoms with Gasteiger partial charge in [-0.2, -0.15) is 0 Å². The molecule has 0 amide bonds. The molecule has 0 saturated heterocycles. The number of benzene rings is 3. The highest BCUT2D eigenvalue weighted by Crippen LogP contribution is 2.26. The number of aryl methyl sites for hydroxylation is 1. The zero-order valence-electron chi connectivity index (χ0n) is 14.8. The fourth-order valence-electron chi connectivity index (χ4n) is 3.13. The van der Waals surface area contributed by atoms with Crippen LogP contribution in [0.25, 0.3) is 21.5 Å². The van der Waals surface area contributed by atoms with Crippen molar-refractivity contribution in [3.05, 3.63) is 72.3 Å². The molecular weight excluding hydrogens is 308 g/mol. The van der Waals surface area contributed by atoms with Gasteiger partial charge < -0.3 is 4.74 Å². The minimum absolute atomic E-state index is 0.291. The van der Waals surface area contributed by atoms with Gasteiger partial charge in [0.1, 0.15) is 0 Å². The van der Waals surface area contributed by atoms with Crippen LogP contribution in [-0.4, -0.2) is 12.6 Å². The second kappa shape index (κ2) is 7.98. The molecule has 2 heteroatoms. The van der Waals surface area contributed by atoms with E-state index in [2.05, 4.69) is 61.2 Å². The SMILES string of the molecule is C=C(C)C(=O)OCCCCCc1cccc2cc3ccccc3cc12. The van der Waals surface area contributed by atoms with Crippen molar-refractivity contribution >= 4 is 27.5 Å². The van der Waals surface area contributed by atoms with E-state index in [1.807, 2.05) is 0 Å². The van der Waals surface area contributed by atoms with Crippen molar-refractivity contribution in [1.29, 1.82) is 0 Å². The quantitative estimate of drug-likeness (QED) is 0.236. The van der Waals surface area contributed by atoms with E-state index in [0.29, 0.717) is 12.2 Å². The van der Waals surface area contributed by atoms with Gasteiger partial charge in [-0.05, 0) is 71.8 Å². The van der Waals surface area contributed by atoms with Crippen molar-refractivity contribution in [1.82, 2.24) is 0 Å². The third-order valence-corrected chi connectivity index (χ3v) is 4.51. The normalized spacial score (nSPS) is 10.9. The molecule has 0 fully saturated rings. The molecule has 0 aliphatic carbocycles. The lowest BCUT2D eigenvalue weighted by Crippen LogP contribution is -2.06. The molecule has 128 valence electrons. The first-order valence-electron chi connectivity index (χ1n) is 8.88. The predicted octanol–water partition coefficient (Wildman–Crippen LogP) is 5.83. The van der Waals surface area contributed by atoms with E-state index in [1.54, 1.807) is 6.92 Å². The summed E-state index contributed by atoms with van der Waals surface area (Å²) in [7, 11) is 0. The molecule has 0 saturated carbocycles. The van der Waals surface area contributed by atoms with Gasteiger partial charge in [-0.25, -0.2) is 4.79 Å². The Kier molecular flexibility index (Phi) is 5.49. The van der Waals surface area contributed by atoms with E-state index in [9.17, 15) is 4.79 Å². The van der Waals surface area contributed by atoms with E-state index in [1.165, 1.54) is 27.1 Å². The Labute approximate surface area is 149 Å². The Morgan fingerprint density at radius 3 is 2.40 bits per heavy atom. The molecule has 0 unspecified atom stereocenters. The molecule has 0 bridgehead atoms. The van der Waals surface area contributed by atoms with E-state index >= 15 is 0 Å². The van der Waals surface area contributed by atoms with Crippen LogP contribution in [0.4, 0.5) is 0 Å². The Morgan fingerprint density at radius 1 is 0.920 bits per heavy atom. The van der Waals surface area contributed by atoms with Crippen molar-refractivity contribution in [2.75, 3.05) is 6.61 Å². The standard InChI is InChI=1S/C23H24O2/c1-17(2)23(24)25-14-7-3-4-9-18-12-8-13-21-15-19-10-5-6-11-20(19)16-22(18)21/h5-6,8,10-13,15-16H,1,3-4,7,9,14H2,2H3. The zero-order chi connectivity index (χ0) is 17.6. The first-order chi connectivity index (χ1) is 12.1. The van der Waals surface area contributed by atoms with E-state index < -0.39 is 0 Å². The van der Waals surface area contributed by atoms with Gasteiger partial charge in [0.25, 0.3) is 0 Å². The Balaban J connectivity index is 1.61. The predicted molar refractivity (Wildman–Crippen MR) is 105 cm³/mol. The summed E-state index contributed by atoms with van der Waals surface area (Å²) < 4.78 is 5.14. The molecule has 2 nitrogen and oxygen atoms in total. The van der Waals surface area contributed by atoms with Crippen molar-refractivity contribution in [2.24, 2.45) is 0 Å². The second-order valence-corrected chi connectivity index (χ2v) is 6.56. The molecule has 3 rings (SSSR count). The monoisotopic (exact) mass is 332 g/mol. The molecule has 3 aromatic carbocycles. The summed E-state index contributed by atoms with van der Waals surface area (Å²) in [4.78, 5) is 11.3. The summed E-state index contributed by atoms with van der Waals surface area (Å²) in [5.74, 6) is -0.291. The molecule has 0 atom stereocenters. The van der Waals surface area contributed by atoms with Gasteiger partial charge in [-0.1, -0.05) is 49.0 Å². The minimum atomic E-state index is -0.291. The van der Waals surface area contributed by atoms with Crippen LogP contribution in [0.1, 0.15) is 31.7 Å². The molecule has 0 heterocycles. The molecule has 0 aliphatic rings. The molecule has 0 aliphatic heterocycles. The van der Waals surface area contributed by atoms with Crippen LogP contribution in [-0.2, 0) is 16.0 Å². The number of carbonyl (C=O) groups is 1. The molecule has 0 aromatic heterocycles. The van der Waals surface area contributed by atoms with Crippen LogP contribution in [0.5, 0.6) is 0 Å². The van der Waals surface area contributed by atoms with Crippen LogP contribution in [0.15, 0.2) is 66.7 Å². The van der Waals surface area contributed by atoms with Crippen molar-refractivity contribution in [3.63, 3.8) is 0 Å². The van der Waals surface area contributed by atoms with Gasteiger partial charge in [0.05, 0.1) is 6.61 Å². The van der Waals surface area contributed by atoms with Crippen LogP contribution in [0.3, 0.4) is 0 Å². The molecule has 0 spiro atoms. The Bertz CT molecular complexity index is 908. The first-order valence-corrected chi connectivity index (χ1v) is 8.88.